The molecule has 0 aliphatic carbocycles. The molecule has 2 N–H and O–H groups in total. The molecule has 0 aliphatic heterocycles. The van der Waals surface area contributed by atoms with E-state index < -0.39 is 16.0 Å². The molecule has 2 aromatic carbocycles. The van der Waals surface area contributed by atoms with Crippen molar-refractivity contribution in [2.75, 3.05) is 26.4 Å². The van der Waals surface area contributed by atoms with Gasteiger partial charge < -0.3 is 18.9 Å². The number of carbonyl (C=O) groups is 1. The lowest BCUT2D eigenvalue weighted by Gasteiger charge is -2.14. The second-order valence-electron chi connectivity index (χ2n) is 6.80. The van der Waals surface area contributed by atoms with Crippen LogP contribution in [0.2, 0.25) is 0 Å². The highest BCUT2D eigenvalue weighted by atomic mass is 32.2. The Morgan fingerprint density at radius 3 is 2.27 bits per heavy atom. The van der Waals surface area contributed by atoms with Gasteiger partial charge in [0.25, 0.3) is 0 Å². The van der Waals surface area contributed by atoms with Crippen molar-refractivity contribution in [1.82, 2.24) is 0 Å². The van der Waals surface area contributed by atoms with Crippen LogP contribution in [0.15, 0.2) is 47.4 Å². The molecule has 0 spiro atoms. The van der Waals surface area contributed by atoms with Crippen LogP contribution in [0.5, 0.6) is 17.2 Å². The summed E-state index contributed by atoms with van der Waals surface area (Å²) in [6.07, 6.45) is 0. The average Bonchev–Trinajstić information content (AvgIpc) is 2.70. The lowest BCUT2D eigenvalue weighted by molar-refractivity contribution is 0.0450. The number of hydrogen-bond donors (Lipinski definition) is 1. The monoisotopic (exact) mass is 437 g/mol. The SMILES string of the molecule is CCOc1cc(C(=O)OCCOc2ccc(S(N)(=O)=O)cc2)ccc1OCC(C)C. The molecule has 0 radical (unpaired) electrons. The van der Waals surface area contributed by atoms with E-state index in [4.69, 9.17) is 24.1 Å². The zero-order chi connectivity index (χ0) is 22.1. The Morgan fingerprint density at radius 1 is 0.967 bits per heavy atom. The van der Waals surface area contributed by atoms with Gasteiger partial charge in [0, 0.05) is 0 Å². The third kappa shape index (κ3) is 7.23. The maximum absolute atomic E-state index is 12.3. The Balaban J connectivity index is 1.88. The van der Waals surface area contributed by atoms with Crippen LogP contribution >= 0.6 is 0 Å². The molecule has 0 fully saturated rings. The van der Waals surface area contributed by atoms with E-state index in [1.165, 1.54) is 24.3 Å². The maximum Gasteiger partial charge on any atom is 0.338 e. The Kier molecular flexibility index (Phi) is 8.49. The summed E-state index contributed by atoms with van der Waals surface area (Å²) in [6.45, 7) is 7.04. The molecule has 164 valence electrons. The quantitative estimate of drug-likeness (QED) is 0.424. The minimum atomic E-state index is -3.75. The molecule has 0 amide bonds. The van der Waals surface area contributed by atoms with Crippen LogP contribution < -0.4 is 19.3 Å². The Morgan fingerprint density at radius 2 is 1.67 bits per heavy atom. The van der Waals surface area contributed by atoms with Crippen LogP contribution in [0.3, 0.4) is 0 Å². The largest absolute Gasteiger partial charge is 0.490 e. The molecule has 30 heavy (non-hydrogen) atoms. The summed E-state index contributed by atoms with van der Waals surface area (Å²) in [7, 11) is -3.75. The summed E-state index contributed by atoms with van der Waals surface area (Å²) in [6, 6.07) is 10.5. The van der Waals surface area contributed by atoms with Gasteiger partial charge in [-0.05, 0) is 55.3 Å². The van der Waals surface area contributed by atoms with Gasteiger partial charge in [-0.25, -0.2) is 18.4 Å². The van der Waals surface area contributed by atoms with Crippen molar-refractivity contribution < 1.29 is 32.2 Å². The first-order chi connectivity index (χ1) is 14.2. The molecule has 8 nitrogen and oxygen atoms in total. The summed E-state index contributed by atoms with van der Waals surface area (Å²) < 4.78 is 44.4. The predicted molar refractivity (Wildman–Crippen MR) is 112 cm³/mol. The zero-order valence-electron chi connectivity index (χ0n) is 17.3. The molecule has 0 atom stereocenters. The lowest BCUT2D eigenvalue weighted by Crippen LogP contribution is -2.13. The van der Waals surface area contributed by atoms with Gasteiger partial charge in [-0.2, -0.15) is 0 Å². The minimum absolute atomic E-state index is 0.00722. The first-order valence-corrected chi connectivity index (χ1v) is 11.1. The molecule has 0 bridgehead atoms. The first-order valence-electron chi connectivity index (χ1n) is 9.53. The maximum atomic E-state index is 12.3. The number of ether oxygens (including phenoxy) is 4. The van der Waals surface area contributed by atoms with E-state index >= 15 is 0 Å². The van der Waals surface area contributed by atoms with E-state index in [0.717, 1.165) is 0 Å². The van der Waals surface area contributed by atoms with Crippen LogP contribution in [0.4, 0.5) is 0 Å². The van der Waals surface area contributed by atoms with E-state index in [-0.39, 0.29) is 18.1 Å². The Labute approximate surface area is 176 Å². The average molecular weight is 438 g/mol. The van der Waals surface area contributed by atoms with Gasteiger partial charge >= 0.3 is 5.97 Å². The number of hydrogen-bond acceptors (Lipinski definition) is 7. The highest BCUT2D eigenvalue weighted by Crippen LogP contribution is 2.29. The molecule has 0 saturated heterocycles. The fraction of sp³-hybridized carbons (Fsp3) is 0.381. The Bertz CT molecular complexity index is 940. The van der Waals surface area contributed by atoms with Crippen molar-refractivity contribution in [3.05, 3.63) is 48.0 Å². The zero-order valence-corrected chi connectivity index (χ0v) is 18.1. The fourth-order valence-corrected chi connectivity index (χ4v) is 2.90. The molecule has 0 saturated carbocycles. The second-order valence-corrected chi connectivity index (χ2v) is 8.36. The predicted octanol–water partition coefficient (Wildman–Crippen LogP) is 3.00. The van der Waals surface area contributed by atoms with Gasteiger partial charge in [-0.1, -0.05) is 13.8 Å². The third-order valence-corrected chi connectivity index (χ3v) is 4.72. The number of primary sulfonamides is 1. The van der Waals surface area contributed by atoms with Crippen LogP contribution in [-0.4, -0.2) is 40.8 Å². The molecule has 0 aliphatic rings. The molecule has 0 unspecified atom stereocenters. The van der Waals surface area contributed by atoms with Crippen molar-refractivity contribution in [2.45, 2.75) is 25.7 Å². The third-order valence-electron chi connectivity index (χ3n) is 3.79. The van der Waals surface area contributed by atoms with Crippen LogP contribution in [-0.2, 0) is 14.8 Å². The van der Waals surface area contributed by atoms with Crippen molar-refractivity contribution in [1.29, 1.82) is 0 Å². The highest BCUT2D eigenvalue weighted by Gasteiger charge is 2.13. The molecule has 0 heterocycles. The topological polar surface area (TPSA) is 114 Å². The number of esters is 1. The summed E-state index contributed by atoms with van der Waals surface area (Å²) in [4.78, 5) is 12.3. The van der Waals surface area contributed by atoms with Gasteiger partial charge in [-0.3, -0.25) is 0 Å². The molecular formula is C21H27NO7S. The molecule has 2 rings (SSSR count). The molecule has 0 aromatic heterocycles. The molecule has 9 heteroatoms. The number of sulfonamides is 1. The number of rotatable bonds is 11. The van der Waals surface area contributed by atoms with E-state index in [1.807, 2.05) is 20.8 Å². The minimum Gasteiger partial charge on any atom is -0.490 e. The van der Waals surface area contributed by atoms with Gasteiger partial charge in [0.15, 0.2) is 11.5 Å². The normalized spacial score (nSPS) is 11.2. The van der Waals surface area contributed by atoms with E-state index in [2.05, 4.69) is 0 Å². The smallest absolute Gasteiger partial charge is 0.338 e. The van der Waals surface area contributed by atoms with Crippen LogP contribution in [0, 0.1) is 5.92 Å². The first kappa shape index (κ1) is 23.5. The van der Waals surface area contributed by atoms with E-state index in [1.54, 1.807) is 18.2 Å². The van der Waals surface area contributed by atoms with Gasteiger partial charge in [0.2, 0.25) is 10.0 Å². The summed E-state index contributed by atoms with van der Waals surface area (Å²) in [5.41, 5.74) is 0.341. The molecular weight excluding hydrogens is 410 g/mol. The second kappa shape index (κ2) is 10.8. The van der Waals surface area contributed by atoms with E-state index in [9.17, 15) is 13.2 Å². The summed E-state index contributed by atoms with van der Waals surface area (Å²) in [5, 5.41) is 5.04. The number of benzene rings is 2. The number of nitrogens with two attached hydrogens (primary N) is 1. The Hall–Kier alpha value is -2.78. The number of carbonyl (C=O) groups excluding carboxylic acids is 1. The van der Waals surface area contributed by atoms with Crippen molar-refractivity contribution >= 4 is 16.0 Å². The van der Waals surface area contributed by atoms with Gasteiger partial charge in [0.1, 0.15) is 19.0 Å². The van der Waals surface area contributed by atoms with Gasteiger partial charge in [-0.15, -0.1) is 0 Å². The van der Waals surface area contributed by atoms with Crippen molar-refractivity contribution in [3.63, 3.8) is 0 Å². The standard InChI is InChI=1S/C21H27NO7S/c1-4-26-20-13-16(5-10-19(20)29-14-15(2)3)21(23)28-12-11-27-17-6-8-18(9-7-17)30(22,24)25/h5-10,13,15H,4,11-12,14H2,1-3H3,(H2,22,24,25). The van der Waals surface area contributed by atoms with Crippen molar-refractivity contribution in [2.24, 2.45) is 11.1 Å². The fourth-order valence-electron chi connectivity index (χ4n) is 2.38. The summed E-state index contributed by atoms with van der Waals surface area (Å²) >= 11 is 0. The van der Waals surface area contributed by atoms with Gasteiger partial charge in [0.05, 0.1) is 23.7 Å². The lowest BCUT2D eigenvalue weighted by atomic mass is 10.2. The summed E-state index contributed by atoms with van der Waals surface area (Å²) in [5.74, 6) is 1.34. The van der Waals surface area contributed by atoms with Crippen molar-refractivity contribution in [3.8, 4) is 17.2 Å². The van der Waals surface area contributed by atoms with Crippen LogP contribution in [0.25, 0.3) is 0 Å². The molecule has 2 aromatic rings. The van der Waals surface area contributed by atoms with Crippen LogP contribution in [0.1, 0.15) is 31.1 Å². The van der Waals surface area contributed by atoms with E-state index in [0.29, 0.717) is 41.9 Å². The highest BCUT2D eigenvalue weighted by molar-refractivity contribution is 7.89.